The Labute approximate surface area is 160 Å². The average Bonchev–Trinajstić information content (AvgIpc) is 3.10. The standard InChI is InChI=1S/C21H28N4O2/c1-24-20(18-7-6-16-4-2-3-5-17(16)14-18)15-19(23-24)21(26)22-8-9-25-10-12-27-13-11-25/h6-7,14-15H,2-5,8-13H2,1H3,(H,22,26). The van der Waals surface area contributed by atoms with Crippen molar-refractivity contribution in [1.29, 1.82) is 0 Å². The lowest BCUT2D eigenvalue weighted by molar-refractivity contribution is 0.0383. The first-order valence-electron chi connectivity index (χ1n) is 9.95. The highest BCUT2D eigenvalue weighted by Gasteiger charge is 2.17. The molecule has 1 aromatic heterocycles. The van der Waals surface area contributed by atoms with Gasteiger partial charge in [0.05, 0.1) is 18.9 Å². The zero-order valence-corrected chi connectivity index (χ0v) is 16.0. The Morgan fingerprint density at radius 2 is 1.93 bits per heavy atom. The van der Waals surface area contributed by atoms with Gasteiger partial charge in [0.15, 0.2) is 5.69 Å². The predicted molar refractivity (Wildman–Crippen MR) is 105 cm³/mol. The average molecular weight is 368 g/mol. The summed E-state index contributed by atoms with van der Waals surface area (Å²) >= 11 is 0. The van der Waals surface area contributed by atoms with Gasteiger partial charge >= 0.3 is 0 Å². The zero-order valence-electron chi connectivity index (χ0n) is 16.0. The highest BCUT2D eigenvalue weighted by atomic mass is 16.5. The summed E-state index contributed by atoms with van der Waals surface area (Å²) in [4.78, 5) is 14.8. The van der Waals surface area contributed by atoms with Crippen LogP contribution in [0.2, 0.25) is 0 Å². The predicted octanol–water partition coefficient (Wildman–Crippen LogP) is 2.03. The Bertz CT molecular complexity index is 809. The number of amides is 1. The first kappa shape index (κ1) is 18.2. The Morgan fingerprint density at radius 3 is 2.74 bits per heavy atom. The molecule has 0 unspecified atom stereocenters. The number of nitrogens with one attached hydrogen (secondary N) is 1. The fraction of sp³-hybridized carbons (Fsp3) is 0.524. The van der Waals surface area contributed by atoms with Crippen molar-refractivity contribution < 1.29 is 9.53 Å². The lowest BCUT2D eigenvalue weighted by Gasteiger charge is -2.26. The van der Waals surface area contributed by atoms with E-state index in [4.69, 9.17) is 4.74 Å². The highest BCUT2D eigenvalue weighted by Crippen LogP contribution is 2.27. The summed E-state index contributed by atoms with van der Waals surface area (Å²) in [6, 6.07) is 8.56. The van der Waals surface area contributed by atoms with Gasteiger partial charge in [-0.15, -0.1) is 0 Å². The molecule has 6 heteroatoms. The quantitative estimate of drug-likeness (QED) is 0.877. The normalized spacial score (nSPS) is 17.5. The minimum Gasteiger partial charge on any atom is -0.379 e. The minimum atomic E-state index is -0.108. The molecule has 0 saturated carbocycles. The lowest BCUT2D eigenvalue weighted by Crippen LogP contribution is -2.41. The van der Waals surface area contributed by atoms with Gasteiger partial charge < -0.3 is 10.1 Å². The largest absolute Gasteiger partial charge is 0.379 e. The Kier molecular flexibility index (Phi) is 5.55. The molecule has 1 fully saturated rings. The van der Waals surface area contributed by atoms with Crippen molar-refractivity contribution in [2.24, 2.45) is 7.05 Å². The number of nitrogens with zero attached hydrogens (tertiary/aromatic N) is 3. The van der Waals surface area contributed by atoms with Crippen LogP contribution < -0.4 is 5.32 Å². The van der Waals surface area contributed by atoms with Gasteiger partial charge in [0.25, 0.3) is 5.91 Å². The summed E-state index contributed by atoms with van der Waals surface area (Å²) in [5.41, 5.74) is 5.51. The third kappa shape index (κ3) is 4.22. The molecule has 1 saturated heterocycles. The van der Waals surface area contributed by atoms with E-state index in [2.05, 4.69) is 33.5 Å². The monoisotopic (exact) mass is 368 g/mol. The van der Waals surface area contributed by atoms with Crippen LogP contribution in [0.3, 0.4) is 0 Å². The fourth-order valence-corrected chi connectivity index (χ4v) is 3.98. The zero-order chi connectivity index (χ0) is 18.6. The molecule has 1 amide bonds. The SMILES string of the molecule is Cn1nc(C(=O)NCCN2CCOCC2)cc1-c1ccc2c(c1)CCCC2. The second-order valence-corrected chi connectivity index (χ2v) is 7.44. The molecule has 0 bridgehead atoms. The van der Waals surface area contributed by atoms with Crippen LogP contribution in [0.15, 0.2) is 24.3 Å². The smallest absolute Gasteiger partial charge is 0.271 e. The third-order valence-electron chi connectivity index (χ3n) is 5.57. The molecule has 27 heavy (non-hydrogen) atoms. The molecule has 6 nitrogen and oxygen atoms in total. The summed E-state index contributed by atoms with van der Waals surface area (Å²) in [5.74, 6) is -0.108. The Hall–Kier alpha value is -2.18. The molecule has 0 atom stereocenters. The topological polar surface area (TPSA) is 59.4 Å². The van der Waals surface area contributed by atoms with E-state index in [1.165, 1.54) is 30.4 Å². The molecule has 1 aliphatic heterocycles. The molecule has 0 radical (unpaired) electrons. The van der Waals surface area contributed by atoms with Crippen molar-refractivity contribution in [3.63, 3.8) is 0 Å². The highest BCUT2D eigenvalue weighted by molar-refractivity contribution is 5.93. The summed E-state index contributed by atoms with van der Waals surface area (Å²) in [7, 11) is 1.90. The molecular formula is C21H28N4O2. The van der Waals surface area contributed by atoms with Gasteiger partial charge in [0, 0.05) is 38.8 Å². The molecule has 1 aliphatic carbocycles. The number of benzene rings is 1. The van der Waals surface area contributed by atoms with Gasteiger partial charge in [0.1, 0.15) is 0 Å². The van der Waals surface area contributed by atoms with Crippen molar-refractivity contribution >= 4 is 5.91 Å². The second-order valence-electron chi connectivity index (χ2n) is 7.44. The molecule has 4 rings (SSSR count). The summed E-state index contributed by atoms with van der Waals surface area (Å²) in [6.45, 7) is 4.89. The number of hydrogen-bond acceptors (Lipinski definition) is 4. The van der Waals surface area contributed by atoms with Crippen molar-refractivity contribution in [3.05, 3.63) is 41.1 Å². The van der Waals surface area contributed by atoms with Crippen LogP contribution in [0.4, 0.5) is 0 Å². The van der Waals surface area contributed by atoms with Crippen molar-refractivity contribution in [2.75, 3.05) is 39.4 Å². The minimum absolute atomic E-state index is 0.108. The molecule has 2 aromatic rings. The van der Waals surface area contributed by atoms with Gasteiger partial charge in [-0.2, -0.15) is 5.10 Å². The van der Waals surface area contributed by atoms with Crippen LogP contribution in [0.25, 0.3) is 11.3 Å². The number of ether oxygens (including phenoxy) is 1. The van der Waals surface area contributed by atoms with Crippen LogP contribution in [0.5, 0.6) is 0 Å². The van der Waals surface area contributed by atoms with E-state index in [0.29, 0.717) is 12.2 Å². The molecule has 2 aliphatic rings. The molecule has 1 N–H and O–H groups in total. The van der Waals surface area contributed by atoms with E-state index in [1.807, 2.05) is 13.1 Å². The van der Waals surface area contributed by atoms with Gasteiger partial charge in [0.2, 0.25) is 0 Å². The third-order valence-corrected chi connectivity index (χ3v) is 5.57. The first-order valence-corrected chi connectivity index (χ1v) is 9.95. The van der Waals surface area contributed by atoms with Crippen molar-refractivity contribution in [2.45, 2.75) is 25.7 Å². The van der Waals surface area contributed by atoms with Crippen molar-refractivity contribution in [3.8, 4) is 11.3 Å². The molecule has 144 valence electrons. The maximum atomic E-state index is 12.5. The molecule has 0 spiro atoms. The number of carbonyl (C=O) groups excluding carboxylic acids is 1. The number of morpholine rings is 1. The number of carbonyl (C=O) groups is 1. The number of hydrogen-bond donors (Lipinski definition) is 1. The molecular weight excluding hydrogens is 340 g/mol. The lowest BCUT2D eigenvalue weighted by atomic mass is 9.90. The van der Waals surface area contributed by atoms with Crippen LogP contribution in [0.1, 0.15) is 34.5 Å². The van der Waals surface area contributed by atoms with Gasteiger partial charge in [-0.25, -0.2) is 0 Å². The van der Waals surface area contributed by atoms with E-state index in [-0.39, 0.29) is 5.91 Å². The fourth-order valence-electron chi connectivity index (χ4n) is 3.98. The van der Waals surface area contributed by atoms with E-state index >= 15 is 0 Å². The Morgan fingerprint density at radius 1 is 1.15 bits per heavy atom. The van der Waals surface area contributed by atoms with Gasteiger partial charge in [-0.05, 0) is 48.9 Å². The van der Waals surface area contributed by atoms with Crippen molar-refractivity contribution in [1.82, 2.24) is 20.0 Å². The number of aryl methyl sites for hydroxylation is 3. The molecule has 2 heterocycles. The van der Waals surface area contributed by atoms with Crippen LogP contribution in [-0.2, 0) is 24.6 Å². The summed E-state index contributed by atoms with van der Waals surface area (Å²) in [5, 5.41) is 7.43. The van der Waals surface area contributed by atoms with E-state index < -0.39 is 0 Å². The van der Waals surface area contributed by atoms with Gasteiger partial charge in [-0.3, -0.25) is 14.4 Å². The first-order chi connectivity index (χ1) is 13.2. The summed E-state index contributed by atoms with van der Waals surface area (Å²) in [6.07, 6.45) is 4.87. The number of fused-ring (bicyclic) bond motifs is 1. The van der Waals surface area contributed by atoms with E-state index in [9.17, 15) is 4.79 Å². The van der Waals surface area contributed by atoms with Gasteiger partial charge in [-0.1, -0.05) is 12.1 Å². The van der Waals surface area contributed by atoms with E-state index in [0.717, 1.165) is 50.5 Å². The maximum absolute atomic E-state index is 12.5. The Balaban J connectivity index is 1.41. The number of aromatic nitrogens is 2. The maximum Gasteiger partial charge on any atom is 0.271 e. The second kappa shape index (κ2) is 8.23. The number of rotatable bonds is 5. The van der Waals surface area contributed by atoms with Crippen LogP contribution >= 0.6 is 0 Å². The summed E-state index contributed by atoms with van der Waals surface area (Å²) < 4.78 is 7.15. The van der Waals surface area contributed by atoms with E-state index in [1.54, 1.807) is 4.68 Å². The van der Waals surface area contributed by atoms with Crippen LogP contribution in [-0.4, -0.2) is 60.0 Å². The molecule has 1 aromatic carbocycles. The van der Waals surface area contributed by atoms with Crippen LogP contribution in [0, 0.1) is 0 Å².